The molecule has 1 fully saturated rings. The van der Waals surface area contributed by atoms with Gasteiger partial charge in [0.05, 0.1) is 6.20 Å². The maximum absolute atomic E-state index is 12.6. The number of benzene rings is 1. The predicted octanol–water partition coefficient (Wildman–Crippen LogP) is 4.93. The molecule has 1 aliphatic carbocycles. The molecule has 1 aliphatic rings. The number of amides is 1. The summed E-state index contributed by atoms with van der Waals surface area (Å²) < 4.78 is 1.95. The van der Waals surface area contributed by atoms with Crippen LogP contribution in [0.25, 0.3) is 5.65 Å². The molecule has 4 rings (SSSR count). The van der Waals surface area contributed by atoms with Crippen LogP contribution in [0.1, 0.15) is 44.2 Å². The lowest BCUT2D eigenvalue weighted by Gasteiger charge is -2.32. The van der Waals surface area contributed by atoms with Gasteiger partial charge in [-0.15, -0.1) is 0 Å². The highest BCUT2D eigenvalue weighted by atomic mass is 35.5. The first-order chi connectivity index (χ1) is 13.1. The minimum atomic E-state index is -0.0104. The van der Waals surface area contributed by atoms with Gasteiger partial charge in [0.25, 0.3) is 0 Å². The Hall–Kier alpha value is -2.40. The Morgan fingerprint density at radius 2 is 1.85 bits per heavy atom. The summed E-state index contributed by atoms with van der Waals surface area (Å²) in [6.07, 6.45) is 7.89. The molecule has 1 saturated carbocycles. The summed E-state index contributed by atoms with van der Waals surface area (Å²) in [5.41, 5.74) is 2.91. The van der Waals surface area contributed by atoms with E-state index in [2.05, 4.69) is 21.5 Å². The van der Waals surface area contributed by atoms with Crippen LogP contribution in [-0.2, 0) is 4.79 Å². The third-order valence-corrected chi connectivity index (χ3v) is 5.99. The maximum Gasteiger partial charge on any atom is 0.227 e. The number of hydrogen-bond donors (Lipinski definition) is 1. The van der Waals surface area contributed by atoms with Crippen molar-refractivity contribution in [3.8, 4) is 0 Å². The number of halogens is 1. The van der Waals surface area contributed by atoms with E-state index >= 15 is 0 Å². The Labute approximate surface area is 163 Å². The van der Waals surface area contributed by atoms with Gasteiger partial charge in [-0.3, -0.25) is 4.79 Å². The molecule has 0 spiro atoms. The molecule has 1 N–H and O–H groups in total. The fourth-order valence-corrected chi connectivity index (χ4v) is 4.21. The van der Waals surface area contributed by atoms with Gasteiger partial charge in [-0.25, -0.2) is 9.50 Å². The largest absolute Gasteiger partial charge is 0.326 e. The number of carbonyl (C=O) groups excluding carboxylic acids is 1. The van der Waals surface area contributed by atoms with Crippen molar-refractivity contribution in [2.24, 2.45) is 11.8 Å². The molecule has 0 unspecified atom stereocenters. The monoisotopic (exact) mass is 382 g/mol. The maximum atomic E-state index is 12.6. The van der Waals surface area contributed by atoms with Crippen LogP contribution in [0.2, 0.25) is 5.02 Å². The van der Waals surface area contributed by atoms with Gasteiger partial charge in [0.1, 0.15) is 0 Å². The van der Waals surface area contributed by atoms with Crippen molar-refractivity contribution in [2.45, 2.75) is 38.5 Å². The number of carbonyl (C=O) groups is 1. The quantitative estimate of drug-likeness (QED) is 0.695. The number of anilines is 1. The van der Waals surface area contributed by atoms with E-state index in [1.165, 1.54) is 5.69 Å². The van der Waals surface area contributed by atoms with Gasteiger partial charge < -0.3 is 5.32 Å². The average Bonchev–Trinajstić information content (AvgIpc) is 3.18. The summed E-state index contributed by atoms with van der Waals surface area (Å²) in [6.45, 7) is 2.04. The summed E-state index contributed by atoms with van der Waals surface area (Å²) in [7, 11) is 0. The standard InChI is InChI=1S/C21H23ClN4O/c1-14(21(27)25-18-8-6-17(22)7-9-18)15-2-4-16(5-3-15)19-10-12-23-20-11-13-24-26(19)20/h6-16H,2-5H2,1H3,(H,25,27)/t14-,15-,16-/m0/s1. The Kier molecular flexibility index (Phi) is 5.12. The van der Waals surface area contributed by atoms with Crippen LogP contribution >= 0.6 is 11.6 Å². The highest BCUT2D eigenvalue weighted by Crippen LogP contribution is 2.38. The van der Waals surface area contributed by atoms with E-state index in [-0.39, 0.29) is 11.8 Å². The lowest BCUT2D eigenvalue weighted by Crippen LogP contribution is -2.29. The first-order valence-corrected chi connectivity index (χ1v) is 9.84. The number of nitrogens with one attached hydrogen (secondary N) is 1. The van der Waals surface area contributed by atoms with Gasteiger partial charge in [0, 0.05) is 40.5 Å². The number of aromatic nitrogens is 3. The molecule has 0 radical (unpaired) electrons. The Bertz CT molecular complexity index is 929. The SMILES string of the molecule is C[C@H](C(=O)Nc1ccc(Cl)cc1)[C@H]1CC[C@H](c2ccnc3ccnn32)CC1. The Morgan fingerprint density at radius 3 is 2.59 bits per heavy atom. The van der Waals surface area contributed by atoms with Crippen LogP contribution in [0.15, 0.2) is 48.8 Å². The molecule has 0 bridgehead atoms. The second kappa shape index (κ2) is 7.69. The van der Waals surface area contributed by atoms with Crippen LogP contribution in [0.4, 0.5) is 5.69 Å². The predicted molar refractivity (Wildman–Crippen MR) is 107 cm³/mol. The molecule has 0 aliphatic heterocycles. The van der Waals surface area contributed by atoms with E-state index in [9.17, 15) is 4.79 Å². The number of nitrogens with zero attached hydrogens (tertiary/aromatic N) is 3. The van der Waals surface area contributed by atoms with E-state index in [1.54, 1.807) is 18.3 Å². The van der Waals surface area contributed by atoms with Crippen LogP contribution in [-0.4, -0.2) is 20.5 Å². The van der Waals surface area contributed by atoms with Gasteiger partial charge in [-0.05, 0) is 61.9 Å². The van der Waals surface area contributed by atoms with Crippen LogP contribution in [0, 0.1) is 11.8 Å². The number of rotatable bonds is 4. The van der Waals surface area contributed by atoms with E-state index in [1.807, 2.05) is 35.8 Å². The van der Waals surface area contributed by atoms with Gasteiger partial charge in [-0.1, -0.05) is 18.5 Å². The normalized spacial score (nSPS) is 21.1. The third-order valence-electron chi connectivity index (χ3n) is 5.74. The van der Waals surface area contributed by atoms with Crippen molar-refractivity contribution in [1.82, 2.24) is 14.6 Å². The zero-order chi connectivity index (χ0) is 18.8. The zero-order valence-corrected chi connectivity index (χ0v) is 16.1. The lowest BCUT2D eigenvalue weighted by molar-refractivity contribution is -0.121. The second-order valence-corrected chi connectivity index (χ2v) is 7.80. The van der Waals surface area contributed by atoms with E-state index in [4.69, 9.17) is 11.6 Å². The summed E-state index contributed by atoms with van der Waals surface area (Å²) >= 11 is 5.90. The average molecular weight is 383 g/mol. The fraction of sp³-hybridized carbons (Fsp3) is 0.381. The molecule has 1 amide bonds. The summed E-state index contributed by atoms with van der Waals surface area (Å²) in [4.78, 5) is 17.0. The van der Waals surface area contributed by atoms with Crippen LogP contribution in [0.3, 0.4) is 0 Å². The van der Waals surface area contributed by atoms with Crippen molar-refractivity contribution in [3.05, 3.63) is 59.5 Å². The Balaban J connectivity index is 1.37. The van der Waals surface area contributed by atoms with Crippen molar-refractivity contribution >= 4 is 28.8 Å². The molecule has 140 valence electrons. The Morgan fingerprint density at radius 1 is 1.11 bits per heavy atom. The van der Waals surface area contributed by atoms with Crippen LogP contribution < -0.4 is 5.32 Å². The summed E-state index contributed by atoms with van der Waals surface area (Å²) in [5.74, 6) is 0.949. The molecule has 1 atom stereocenters. The molecule has 3 aromatic rings. The van der Waals surface area contributed by atoms with Crippen LogP contribution in [0.5, 0.6) is 0 Å². The van der Waals surface area contributed by atoms with Crippen molar-refractivity contribution < 1.29 is 4.79 Å². The molecule has 2 heterocycles. The first-order valence-electron chi connectivity index (χ1n) is 9.47. The third kappa shape index (κ3) is 3.83. The number of fused-ring (bicyclic) bond motifs is 1. The molecule has 0 saturated heterocycles. The minimum absolute atomic E-state index is 0.0104. The topological polar surface area (TPSA) is 59.3 Å². The molecule has 27 heavy (non-hydrogen) atoms. The fourth-order valence-electron chi connectivity index (χ4n) is 4.08. The smallest absolute Gasteiger partial charge is 0.227 e. The second-order valence-electron chi connectivity index (χ2n) is 7.37. The summed E-state index contributed by atoms with van der Waals surface area (Å²) in [6, 6.07) is 11.3. The summed E-state index contributed by atoms with van der Waals surface area (Å²) in [5, 5.41) is 8.09. The lowest BCUT2D eigenvalue weighted by atomic mass is 9.75. The number of hydrogen-bond acceptors (Lipinski definition) is 3. The highest BCUT2D eigenvalue weighted by molar-refractivity contribution is 6.30. The van der Waals surface area contributed by atoms with Gasteiger partial charge in [-0.2, -0.15) is 5.10 Å². The molecule has 1 aromatic carbocycles. The van der Waals surface area contributed by atoms with Gasteiger partial charge in [0.2, 0.25) is 5.91 Å². The highest BCUT2D eigenvalue weighted by Gasteiger charge is 2.30. The van der Waals surface area contributed by atoms with E-state index in [0.717, 1.165) is 37.0 Å². The van der Waals surface area contributed by atoms with Crippen molar-refractivity contribution in [3.63, 3.8) is 0 Å². The molecule has 2 aromatic heterocycles. The molecular formula is C21H23ClN4O. The van der Waals surface area contributed by atoms with Crippen molar-refractivity contribution in [1.29, 1.82) is 0 Å². The van der Waals surface area contributed by atoms with Gasteiger partial charge in [0.15, 0.2) is 5.65 Å². The first kappa shape index (κ1) is 18.0. The van der Waals surface area contributed by atoms with E-state index in [0.29, 0.717) is 16.9 Å². The molecule has 5 nitrogen and oxygen atoms in total. The zero-order valence-electron chi connectivity index (χ0n) is 15.3. The van der Waals surface area contributed by atoms with E-state index < -0.39 is 0 Å². The van der Waals surface area contributed by atoms with Crippen molar-refractivity contribution in [2.75, 3.05) is 5.32 Å². The minimum Gasteiger partial charge on any atom is -0.326 e. The molecule has 6 heteroatoms. The molecular weight excluding hydrogens is 360 g/mol. The van der Waals surface area contributed by atoms with Gasteiger partial charge >= 0.3 is 0 Å².